The van der Waals surface area contributed by atoms with Crippen LogP contribution in [0.4, 0.5) is 14.5 Å². The standard InChI is InChI=1S/C15H14ClF2NOS/c1-20-13-7-6-10(8-11(13)16)9-19-12-4-2-3-5-14(12)21-15(17)18/h2-8,15,19H,9H2,1H3. The summed E-state index contributed by atoms with van der Waals surface area (Å²) in [6, 6.07) is 12.4. The first-order valence-electron chi connectivity index (χ1n) is 6.20. The third-order valence-corrected chi connectivity index (χ3v) is 3.89. The van der Waals surface area contributed by atoms with Crippen molar-refractivity contribution < 1.29 is 13.5 Å². The van der Waals surface area contributed by atoms with Crippen molar-refractivity contribution in [3.05, 3.63) is 53.1 Å². The van der Waals surface area contributed by atoms with Crippen molar-refractivity contribution in [1.82, 2.24) is 0 Å². The van der Waals surface area contributed by atoms with Crippen LogP contribution in [-0.2, 0) is 6.54 Å². The van der Waals surface area contributed by atoms with Crippen molar-refractivity contribution in [2.24, 2.45) is 0 Å². The molecule has 21 heavy (non-hydrogen) atoms. The van der Waals surface area contributed by atoms with Crippen LogP contribution in [0.1, 0.15) is 5.56 Å². The molecule has 0 heterocycles. The van der Waals surface area contributed by atoms with Crippen LogP contribution in [0, 0.1) is 0 Å². The van der Waals surface area contributed by atoms with E-state index in [-0.39, 0.29) is 0 Å². The number of thioether (sulfide) groups is 1. The van der Waals surface area contributed by atoms with Crippen LogP contribution in [0.2, 0.25) is 5.02 Å². The number of anilines is 1. The molecular weight excluding hydrogens is 316 g/mol. The van der Waals surface area contributed by atoms with E-state index in [1.54, 1.807) is 43.5 Å². The van der Waals surface area contributed by atoms with E-state index in [1.165, 1.54) is 0 Å². The van der Waals surface area contributed by atoms with Crippen molar-refractivity contribution in [1.29, 1.82) is 0 Å². The molecule has 2 nitrogen and oxygen atoms in total. The minimum absolute atomic E-state index is 0.491. The Kier molecular flexibility index (Phi) is 5.70. The van der Waals surface area contributed by atoms with E-state index in [0.29, 0.717) is 39.7 Å². The molecule has 0 aromatic heterocycles. The summed E-state index contributed by atoms with van der Waals surface area (Å²) in [6.07, 6.45) is 0. The third kappa shape index (κ3) is 4.51. The molecule has 6 heteroatoms. The Morgan fingerprint density at radius 2 is 2.00 bits per heavy atom. The smallest absolute Gasteiger partial charge is 0.288 e. The van der Waals surface area contributed by atoms with Crippen molar-refractivity contribution >= 4 is 29.1 Å². The molecule has 0 atom stereocenters. The molecule has 0 aliphatic carbocycles. The second-order valence-electron chi connectivity index (χ2n) is 4.20. The van der Waals surface area contributed by atoms with Gasteiger partial charge in [-0.3, -0.25) is 0 Å². The van der Waals surface area contributed by atoms with Gasteiger partial charge in [0.15, 0.2) is 0 Å². The molecule has 0 aliphatic heterocycles. The zero-order valence-electron chi connectivity index (χ0n) is 11.3. The lowest BCUT2D eigenvalue weighted by molar-refractivity contribution is 0.252. The Bertz CT molecular complexity index is 610. The molecule has 0 bridgehead atoms. The van der Waals surface area contributed by atoms with Crippen molar-refractivity contribution in [2.75, 3.05) is 12.4 Å². The van der Waals surface area contributed by atoms with Crippen LogP contribution < -0.4 is 10.1 Å². The van der Waals surface area contributed by atoms with E-state index in [2.05, 4.69) is 5.32 Å². The molecule has 0 fully saturated rings. The first-order valence-corrected chi connectivity index (χ1v) is 7.46. The number of halogens is 3. The van der Waals surface area contributed by atoms with Gasteiger partial charge in [0.05, 0.1) is 12.1 Å². The average Bonchev–Trinajstić information content (AvgIpc) is 2.46. The largest absolute Gasteiger partial charge is 0.495 e. The highest BCUT2D eigenvalue weighted by Gasteiger charge is 2.09. The number of rotatable bonds is 6. The Morgan fingerprint density at radius 1 is 1.24 bits per heavy atom. The van der Waals surface area contributed by atoms with E-state index in [9.17, 15) is 8.78 Å². The topological polar surface area (TPSA) is 21.3 Å². The lowest BCUT2D eigenvalue weighted by Crippen LogP contribution is -2.01. The summed E-state index contributed by atoms with van der Waals surface area (Å²) < 4.78 is 30.1. The van der Waals surface area contributed by atoms with E-state index >= 15 is 0 Å². The first-order chi connectivity index (χ1) is 10.1. The molecule has 2 aromatic carbocycles. The second kappa shape index (κ2) is 7.52. The van der Waals surface area contributed by atoms with Gasteiger partial charge in [0.2, 0.25) is 0 Å². The van der Waals surface area contributed by atoms with E-state index in [1.807, 2.05) is 6.07 Å². The summed E-state index contributed by atoms with van der Waals surface area (Å²) in [7, 11) is 1.55. The minimum atomic E-state index is -2.44. The molecule has 0 radical (unpaired) electrons. The normalized spacial score (nSPS) is 10.7. The van der Waals surface area contributed by atoms with E-state index < -0.39 is 5.76 Å². The molecule has 2 rings (SSSR count). The first kappa shape index (κ1) is 15.9. The summed E-state index contributed by atoms with van der Waals surface area (Å²) in [5.74, 6) is -1.84. The van der Waals surface area contributed by atoms with Crippen molar-refractivity contribution in [2.45, 2.75) is 17.2 Å². The Morgan fingerprint density at radius 3 is 2.67 bits per heavy atom. The minimum Gasteiger partial charge on any atom is -0.495 e. The van der Waals surface area contributed by atoms with E-state index in [0.717, 1.165) is 5.56 Å². The van der Waals surface area contributed by atoms with Crippen LogP contribution in [0.5, 0.6) is 5.75 Å². The maximum absolute atomic E-state index is 12.5. The molecule has 0 saturated carbocycles. The van der Waals surface area contributed by atoms with Gasteiger partial charge in [-0.1, -0.05) is 41.6 Å². The summed E-state index contributed by atoms with van der Waals surface area (Å²) in [5, 5.41) is 3.67. The highest BCUT2D eigenvalue weighted by Crippen LogP contribution is 2.32. The number of methoxy groups -OCH3 is 1. The van der Waals surface area contributed by atoms with Gasteiger partial charge in [-0.15, -0.1) is 0 Å². The summed E-state index contributed by atoms with van der Waals surface area (Å²) in [5.41, 5.74) is 1.62. The molecule has 112 valence electrons. The van der Waals surface area contributed by atoms with Crippen LogP contribution >= 0.6 is 23.4 Å². The number of hydrogen-bond acceptors (Lipinski definition) is 3. The molecule has 1 N–H and O–H groups in total. The summed E-state index contributed by atoms with van der Waals surface area (Å²) >= 11 is 6.58. The molecule has 0 saturated heterocycles. The number of alkyl halides is 2. The fourth-order valence-electron chi connectivity index (χ4n) is 1.83. The number of ether oxygens (including phenoxy) is 1. The highest BCUT2D eigenvalue weighted by atomic mass is 35.5. The van der Waals surface area contributed by atoms with Gasteiger partial charge >= 0.3 is 0 Å². The zero-order chi connectivity index (χ0) is 15.2. The lowest BCUT2D eigenvalue weighted by atomic mass is 10.2. The monoisotopic (exact) mass is 329 g/mol. The second-order valence-corrected chi connectivity index (χ2v) is 5.64. The van der Waals surface area contributed by atoms with Crippen molar-refractivity contribution in [3.63, 3.8) is 0 Å². The van der Waals surface area contributed by atoms with Crippen LogP contribution in [0.15, 0.2) is 47.4 Å². The molecular formula is C15H14ClF2NOS. The van der Waals surface area contributed by atoms with Gasteiger partial charge in [0.1, 0.15) is 5.75 Å². The number of para-hydroxylation sites is 1. The highest BCUT2D eigenvalue weighted by molar-refractivity contribution is 7.99. The van der Waals surface area contributed by atoms with Crippen LogP contribution in [0.3, 0.4) is 0 Å². The molecule has 2 aromatic rings. The summed E-state index contributed by atoms with van der Waals surface area (Å²) in [6.45, 7) is 0.491. The molecule has 0 aliphatic rings. The Hall–Kier alpha value is -1.46. The molecule has 0 spiro atoms. The van der Waals surface area contributed by atoms with Gasteiger partial charge in [0.25, 0.3) is 5.76 Å². The number of hydrogen-bond donors (Lipinski definition) is 1. The fraction of sp³-hybridized carbons (Fsp3) is 0.200. The van der Waals surface area contributed by atoms with E-state index in [4.69, 9.17) is 16.3 Å². The average molecular weight is 330 g/mol. The van der Waals surface area contributed by atoms with Gasteiger partial charge in [0, 0.05) is 17.1 Å². The van der Waals surface area contributed by atoms with Crippen molar-refractivity contribution in [3.8, 4) is 5.75 Å². The SMILES string of the molecule is COc1ccc(CNc2ccccc2SC(F)F)cc1Cl. The van der Waals surface area contributed by atoms with Gasteiger partial charge in [-0.2, -0.15) is 8.78 Å². The number of nitrogens with one attached hydrogen (secondary N) is 1. The zero-order valence-corrected chi connectivity index (χ0v) is 12.8. The Balaban J connectivity index is 2.08. The summed E-state index contributed by atoms with van der Waals surface area (Å²) in [4.78, 5) is 0.520. The maximum Gasteiger partial charge on any atom is 0.288 e. The molecule has 0 amide bonds. The van der Waals surface area contributed by atoms with Gasteiger partial charge < -0.3 is 10.1 Å². The molecule has 0 unspecified atom stereocenters. The fourth-order valence-corrected chi connectivity index (χ4v) is 2.73. The quantitative estimate of drug-likeness (QED) is 0.729. The van der Waals surface area contributed by atoms with Crippen LogP contribution in [0.25, 0.3) is 0 Å². The predicted octanol–water partition coefficient (Wildman–Crippen LogP) is 5.28. The maximum atomic E-state index is 12.5. The number of benzene rings is 2. The lowest BCUT2D eigenvalue weighted by Gasteiger charge is -2.12. The van der Waals surface area contributed by atoms with Gasteiger partial charge in [-0.25, -0.2) is 0 Å². The van der Waals surface area contributed by atoms with Gasteiger partial charge in [-0.05, 0) is 29.8 Å². The predicted molar refractivity (Wildman–Crippen MR) is 83.6 cm³/mol. The third-order valence-electron chi connectivity index (χ3n) is 2.80. The van der Waals surface area contributed by atoms with Crippen LogP contribution in [-0.4, -0.2) is 12.9 Å². The Labute approximate surface area is 131 Å².